The van der Waals surface area contributed by atoms with E-state index < -0.39 is 0 Å². The van der Waals surface area contributed by atoms with Gasteiger partial charge < -0.3 is 0 Å². The lowest BCUT2D eigenvalue weighted by molar-refractivity contribution is 0.102. The van der Waals surface area contributed by atoms with Crippen LogP contribution in [0.25, 0.3) is 10.6 Å². The van der Waals surface area contributed by atoms with Crippen LogP contribution in [0.5, 0.6) is 0 Å². The summed E-state index contributed by atoms with van der Waals surface area (Å²) in [5, 5.41) is 1.46. The van der Waals surface area contributed by atoms with Crippen molar-refractivity contribution in [1.29, 1.82) is 0 Å². The number of Topliss-reactive ketones (excluding diaryl/α,β-unsaturated/α-hetero) is 1. The van der Waals surface area contributed by atoms with E-state index in [1.165, 1.54) is 11.3 Å². The summed E-state index contributed by atoms with van der Waals surface area (Å²) in [6.45, 7) is 3.40. The molecular weight excluding hydrogens is 322 g/mol. The second-order valence-corrected chi connectivity index (χ2v) is 5.88. The minimum Gasteiger partial charge on any atom is -0.294 e. The lowest BCUT2D eigenvalue weighted by Gasteiger charge is -1.99. The number of hydrogen-bond donors (Lipinski definition) is 0. The fraction of sp³-hybridized carbons (Fsp3) is 0.167. The Kier molecular flexibility index (Phi) is 3.66. The molecule has 17 heavy (non-hydrogen) atoms. The summed E-state index contributed by atoms with van der Waals surface area (Å²) in [6, 6.07) is 5.65. The summed E-state index contributed by atoms with van der Waals surface area (Å²) in [4.78, 5) is 16.5. The molecule has 0 saturated heterocycles. The molecule has 0 radical (unpaired) electrons. The summed E-state index contributed by atoms with van der Waals surface area (Å²) in [6.07, 6.45) is 0. The van der Waals surface area contributed by atoms with Crippen molar-refractivity contribution in [2.75, 3.05) is 0 Å². The molecule has 0 fully saturated rings. The first kappa shape index (κ1) is 12.7. The van der Waals surface area contributed by atoms with E-state index in [4.69, 9.17) is 11.6 Å². The number of hydrogen-bond acceptors (Lipinski definition) is 3. The van der Waals surface area contributed by atoms with Crippen molar-refractivity contribution in [3.05, 3.63) is 38.3 Å². The average molecular weight is 331 g/mol. The molecule has 2 nitrogen and oxygen atoms in total. The molecule has 1 heterocycles. The molecule has 2 aromatic rings. The van der Waals surface area contributed by atoms with E-state index in [1.54, 1.807) is 6.92 Å². The number of rotatable bonds is 2. The first-order valence-electron chi connectivity index (χ1n) is 4.93. The van der Waals surface area contributed by atoms with Gasteiger partial charge >= 0.3 is 0 Å². The van der Waals surface area contributed by atoms with Gasteiger partial charge in [-0.3, -0.25) is 4.79 Å². The van der Waals surface area contributed by atoms with Gasteiger partial charge in [0.05, 0.1) is 15.6 Å². The van der Waals surface area contributed by atoms with Gasteiger partial charge in [0.2, 0.25) is 0 Å². The minimum atomic E-state index is 0.0504. The third kappa shape index (κ3) is 2.59. The Bertz CT molecular complexity index is 594. The van der Waals surface area contributed by atoms with Crippen molar-refractivity contribution in [2.24, 2.45) is 0 Å². The molecule has 0 aliphatic rings. The van der Waals surface area contributed by atoms with Gasteiger partial charge in [-0.15, -0.1) is 11.3 Å². The number of benzene rings is 1. The molecule has 0 amide bonds. The summed E-state index contributed by atoms with van der Waals surface area (Å²) in [5.41, 5.74) is 1.70. The topological polar surface area (TPSA) is 30.0 Å². The number of thiazole rings is 1. The fourth-order valence-electron chi connectivity index (χ4n) is 1.48. The average Bonchev–Trinajstić information content (AvgIpc) is 2.64. The Hall–Kier alpha value is -0.710. The monoisotopic (exact) mass is 329 g/mol. The van der Waals surface area contributed by atoms with E-state index >= 15 is 0 Å². The maximum absolute atomic E-state index is 11.4. The van der Waals surface area contributed by atoms with Crippen LogP contribution in [0.15, 0.2) is 22.7 Å². The van der Waals surface area contributed by atoms with Gasteiger partial charge in [-0.1, -0.05) is 17.7 Å². The van der Waals surface area contributed by atoms with Crippen molar-refractivity contribution in [2.45, 2.75) is 13.8 Å². The van der Waals surface area contributed by atoms with Crippen LogP contribution in [0.2, 0.25) is 5.02 Å². The summed E-state index contributed by atoms with van der Waals surface area (Å²) < 4.78 is 0.850. The molecule has 2 rings (SSSR count). The Balaban J connectivity index is 2.50. The van der Waals surface area contributed by atoms with Gasteiger partial charge in [0, 0.05) is 17.0 Å². The van der Waals surface area contributed by atoms with Crippen molar-refractivity contribution in [3.8, 4) is 10.6 Å². The van der Waals surface area contributed by atoms with Gasteiger partial charge in [0.25, 0.3) is 0 Å². The molecule has 0 aliphatic heterocycles. The number of carbonyl (C=O) groups excluding carboxylic acids is 1. The Labute approximate surface area is 117 Å². The second kappa shape index (κ2) is 4.88. The van der Waals surface area contributed by atoms with Crippen LogP contribution >= 0.6 is 38.9 Å². The molecule has 1 aromatic carbocycles. The van der Waals surface area contributed by atoms with E-state index in [2.05, 4.69) is 20.9 Å². The van der Waals surface area contributed by atoms with Crippen molar-refractivity contribution in [3.63, 3.8) is 0 Å². The molecule has 0 saturated carbocycles. The molecule has 5 heteroatoms. The van der Waals surface area contributed by atoms with Crippen molar-refractivity contribution < 1.29 is 4.79 Å². The molecule has 0 bridgehead atoms. The van der Waals surface area contributed by atoms with Crippen LogP contribution in [0.4, 0.5) is 0 Å². The summed E-state index contributed by atoms with van der Waals surface area (Å²) in [5.74, 6) is 0.0504. The largest absolute Gasteiger partial charge is 0.294 e. The molecule has 0 atom stereocenters. The number of carbonyl (C=O) groups is 1. The number of aryl methyl sites for hydroxylation is 1. The van der Waals surface area contributed by atoms with Crippen LogP contribution in [0.3, 0.4) is 0 Å². The number of halogens is 2. The van der Waals surface area contributed by atoms with E-state index in [-0.39, 0.29) is 5.78 Å². The van der Waals surface area contributed by atoms with Crippen molar-refractivity contribution in [1.82, 2.24) is 4.98 Å². The predicted octanol–water partition coefficient (Wildman–Crippen LogP) is 4.74. The van der Waals surface area contributed by atoms with Gasteiger partial charge in [-0.05, 0) is 35.0 Å². The van der Waals surface area contributed by atoms with Gasteiger partial charge in [0.1, 0.15) is 5.01 Å². The van der Waals surface area contributed by atoms with E-state index in [0.29, 0.717) is 9.90 Å². The van der Waals surface area contributed by atoms with Crippen LogP contribution in [-0.4, -0.2) is 10.8 Å². The molecule has 0 unspecified atom stereocenters. The normalized spacial score (nSPS) is 10.6. The van der Waals surface area contributed by atoms with E-state index in [9.17, 15) is 4.79 Å². The quantitative estimate of drug-likeness (QED) is 0.745. The highest BCUT2D eigenvalue weighted by Crippen LogP contribution is 2.32. The smallest absolute Gasteiger partial charge is 0.171 e. The van der Waals surface area contributed by atoms with Crippen molar-refractivity contribution >= 4 is 44.7 Å². The lowest BCUT2D eigenvalue weighted by Crippen LogP contribution is -1.89. The first-order valence-corrected chi connectivity index (χ1v) is 6.91. The van der Waals surface area contributed by atoms with Crippen LogP contribution in [0, 0.1) is 6.92 Å². The zero-order valence-electron chi connectivity index (χ0n) is 9.25. The van der Waals surface area contributed by atoms with Gasteiger partial charge in [0.15, 0.2) is 5.78 Å². The molecule has 0 spiro atoms. The molecule has 1 aromatic heterocycles. The second-order valence-electron chi connectivity index (χ2n) is 3.62. The summed E-state index contributed by atoms with van der Waals surface area (Å²) >= 11 is 10.8. The van der Waals surface area contributed by atoms with Crippen LogP contribution in [-0.2, 0) is 0 Å². The maximum atomic E-state index is 11.4. The summed E-state index contributed by atoms with van der Waals surface area (Å²) in [7, 11) is 0. The maximum Gasteiger partial charge on any atom is 0.171 e. The van der Waals surface area contributed by atoms with Crippen LogP contribution < -0.4 is 0 Å². The molecule has 0 aliphatic carbocycles. The zero-order chi connectivity index (χ0) is 12.6. The highest BCUT2D eigenvalue weighted by molar-refractivity contribution is 9.10. The van der Waals surface area contributed by atoms with Crippen LogP contribution in [0.1, 0.15) is 22.3 Å². The SMILES string of the molecule is CC(=O)c1sc(-c2ccc(Br)c(Cl)c2)nc1C. The van der Waals surface area contributed by atoms with E-state index in [1.807, 2.05) is 25.1 Å². The molecule has 0 N–H and O–H groups in total. The third-order valence-electron chi connectivity index (χ3n) is 2.28. The predicted molar refractivity (Wildman–Crippen MR) is 75.0 cm³/mol. The zero-order valence-corrected chi connectivity index (χ0v) is 12.4. The lowest BCUT2D eigenvalue weighted by atomic mass is 10.2. The molecule has 88 valence electrons. The number of nitrogens with zero attached hydrogens (tertiary/aromatic N) is 1. The van der Waals surface area contributed by atoms with Gasteiger partial charge in [-0.2, -0.15) is 0 Å². The minimum absolute atomic E-state index is 0.0504. The number of aromatic nitrogens is 1. The fourth-order valence-corrected chi connectivity index (χ4v) is 2.86. The van der Waals surface area contributed by atoms with Gasteiger partial charge in [-0.25, -0.2) is 4.98 Å². The first-order chi connectivity index (χ1) is 7.99. The Morgan fingerprint density at radius 1 is 1.47 bits per heavy atom. The highest BCUT2D eigenvalue weighted by Gasteiger charge is 2.13. The number of ketones is 1. The third-order valence-corrected chi connectivity index (χ3v) is 4.82. The highest BCUT2D eigenvalue weighted by atomic mass is 79.9. The van der Waals surface area contributed by atoms with E-state index in [0.717, 1.165) is 20.7 Å². The molecular formula is C12H9BrClNOS. The standard InChI is InChI=1S/C12H9BrClNOS/c1-6-11(7(2)16)17-12(15-6)8-3-4-9(13)10(14)5-8/h3-5H,1-2H3. The Morgan fingerprint density at radius 3 is 2.71 bits per heavy atom. The Morgan fingerprint density at radius 2 is 2.18 bits per heavy atom.